The molecule has 2 aliphatic heterocycles. The van der Waals surface area contributed by atoms with E-state index in [9.17, 15) is 13.2 Å². The molecule has 2 atom stereocenters. The Kier molecular flexibility index (Phi) is 3.58. The predicted molar refractivity (Wildman–Crippen MR) is 73.5 cm³/mol. The lowest BCUT2D eigenvalue weighted by molar-refractivity contribution is -0.132. The summed E-state index contributed by atoms with van der Waals surface area (Å²) >= 11 is 0. The number of fused-ring (bicyclic) bond motifs is 2. The van der Waals surface area contributed by atoms with Gasteiger partial charge in [0, 0.05) is 19.0 Å². The molecule has 1 saturated carbocycles. The summed E-state index contributed by atoms with van der Waals surface area (Å²) in [6.45, 7) is 0.455. The first-order valence-corrected chi connectivity index (χ1v) is 9.29. The van der Waals surface area contributed by atoms with E-state index >= 15 is 0 Å². The molecule has 2 unspecified atom stereocenters. The van der Waals surface area contributed by atoms with E-state index in [0.29, 0.717) is 19.4 Å². The number of carbonyl (C=O) groups excluding carboxylic acids is 1. The molecule has 2 saturated heterocycles. The van der Waals surface area contributed by atoms with Crippen LogP contribution in [0.3, 0.4) is 0 Å². The van der Waals surface area contributed by atoms with Crippen LogP contribution >= 0.6 is 0 Å². The summed E-state index contributed by atoms with van der Waals surface area (Å²) in [5.41, 5.74) is 0. The molecular weight excluding hydrogens is 262 g/mol. The van der Waals surface area contributed by atoms with Crippen molar-refractivity contribution < 1.29 is 13.2 Å². The van der Waals surface area contributed by atoms with Gasteiger partial charge in [-0.3, -0.25) is 4.79 Å². The van der Waals surface area contributed by atoms with E-state index in [-0.39, 0.29) is 23.0 Å². The topological polar surface area (TPSA) is 54.5 Å². The lowest BCUT2D eigenvalue weighted by Crippen LogP contribution is -2.44. The fraction of sp³-hybridized carbons (Fsp3) is 0.929. The van der Waals surface area contributed by atoms with Crippen molar-refractivity contribution >= 4 is 15.7 Å². The van der Waals surface area contributed by atoms with Crippen LogP contribution in [-0.2, 0) is 14.6 Å². The zero-order chi connectivity index (χ0) is 13.5. The van der Waals surface area contributed by atoms with Gasteiger partial charge in [-0.25, -0.2) is 8.42 Å². The number of nitrogens with zero attached hydrogens (tertiary/aromatic N) is 1. The standard InChI is InChI=1S/C14H23NO3S/c16-14(7-6-11-4-2-1-3-5-11)15-9-13-8-12(15)10-19(13,17)18/h11-13H,1-10H2. The van der Waals surface area contributed by atoms with Crippen molar-refractivity contribution in [3.63, 3.8) is 0 Å². The maximum absolute atomic E-state index is 12.2. The molecule has 4 nitrogen and oxygen atoms in total. The molecule has 108 valence electrons. The Bertz CT molecular complexity index is 453. The Morgan fingerprint density at radius 1 is 1.16 bits per heavy atom. The second-order valence-corrected chi connectivity index (χ2v) is 8.76. The van der Waals surface area contributed by atoms with E-state index in [0.717, 1.165) is 12.3 Å². The molecule has 1 amide bonds. The zero-order valence-electron chi connectivity index (χ0n) is 11.4. The van der Waals surface area contributed by atoms with Crippen LogP contribution in [0, 0.1) is 5.92 Å². The molecule has 1 aliphatic carbocycles. The van der Waals surface area contributed by atoms with Gasteiger partial charge in [-0.1, -0.05) is 32.1 Å². The molecule has 19 heavy (non-hydrogen) atoms. The second kappa shape index (κ2) is 5.08. The van der Waals surface area contributed by atoms with Gasteiger partial charge < -0.3 is 4.90 Å². The average Bonchev–Trinajstić information content (AvgIpc) is 2.93. The first kappa shape index (κ1) is 13.4. The summed E-state index contributed by atoms with van der Waals surface area (Å²) in [6.07, 6.45) is 8.81. The molecule has 3 fully saturated rings. The van der Waals surface area contributed by atoms with Crippen molar-refractivity contribution in [2.24, 2.45) is 5.92 Å². The zero-order valence-corrected chi connectivity index (χ0v) is 12.2. The van der Waals surface area contributed by atoms with Gasteiger partial charge in [0.1, 0.15) is 0 Å². The second-order valence-electron chi connectivity index (χ2n) is 6.43. The van der Waals surface area contributed by atoms with Crippen molar-refractivity contribution in [3.8, 4) is 0 Å². The highest BCUT2D eigenvalue weighted by Gasteiger charge is 2.49. The Labute approximate surface area is 115 Å². The molecule has 2 bridgehead atoms. The molecule has 5 heteroatoms. The van der Waals surface area contributed by atoms with Crippen molar-refractivity contribution in [2.75, 3.05) is 12.3 Å². The lowest BCUT2D eigenvalue weighted by Gasteiger charge is -2.28. The Morgan fingerprint density at radius 3 is 2.47 bits per heavy atom. The first-order chi connectivity index (χ1) is 9.06. The SMILES string of the molecule is O=C(CCC1CCCCC1)N1CC2CC1CS2(=O)=O. The Hall–Kier alpha value is -0.580. The van der Waals surface area contributed by atoms with Crippen LogP contribution < -0.4 is 0 Å². The summed E-state index contributed by atoms with van der Waals surface area (Å²) in [4.78, 5) is 14.1. The number of carbonyl (C=O) groups is 1. The normalized spacial score (nSPS) is 33.8. The molecule has 0 radical (unpaired) electrons. The maximum Gasteiger partial charge on any atom is 0.222 e. The van der Waals surface area contributed by atoms with E-state index in [4.69, 9.17) is 0 Å². The van der Waals surface area contributed by atoms with Crippen LogP contribution in [0.15, 0.2) is 0 Å². The van der Waals surface area contributed by atoms with Gasteiger partial charge in [0.15, 0.2) is 9.84 Å². The number of likely N-dealkylation sites (tertiary alicyclic amines) is 1. The molecule has 3 rings (SSSR count). The summed E-state index contributed by atoms with van der Waals surface area (Å²) in [5.74, 6) is 1.11. The van der Waals surface area contributed by atoms with Gasteiger partial charge in [-0.15, -0.1) is 0 Å². The highest BCUT2D eigenvalue weighted by molar-refractivity contribution is 7.92. The van der Waals surface area contributed by atoms with Gasteiger partial charge in [0.05, 0.1) is 11.0 Å². The highest BCUT2D eigenvalue weighted by Crippen LogP contribution is 2.34. The van der Waals surface area contributed by atoms with E-state index in [1.807, 2.05) is 4.90 Å². The summed E-state index contributed by atoms with van der Waals surface area (Å²) in [6, 6.07) is -0.0196. The number of sulfone groups is 1. The van der Waals surface area contributed by atoms with E-state index in [2.05, 4.69) is 0 Å². The molecule has 3 aliphatic rings. The minimum absolute atomic E-state index is 0.0196. The maximum atomic E-state index is 12.2. The van der Waals surface area contributed by atoms with Gasteiger partial charge in [0.2, 0.25) is 5.91 Å². The summed E-state index contributed by atoms with van der Waals surface area (Å²) in [5, 5.41) is -0.267. The minimum Gasteiger partial charge on any atom is -0.337 e. The summed E-state index contributed by atoms with van der Waals surface area (Å²) < 4.78 is 23.3. The number of rotatable bonds is 3. The third-order valence-corrected chi connectivity index (χ3v) is 7.33. The van der Waals surface area contributed by atoms with Crippen molar-refractivity contribution in [2.45, 2.75) is 62.7 Å². The van der Waals surface area contributed by atoms with E-state index in [1.54, 1.807) is 0 Å². The monoisotopic (exact) mass is 285 g/mol. The fourth-order valence-corrected chi connectivity index (χ4v) is 5.98. The fourth-order valence-electron chi connectivity index (χ4n) is 3.95. The number of amides is 1. The van der Waals surface area contributed by atoms with Crippen LogP contribution in [0.4, 0.5) is 0 Å². The average molecular weight is 285 g/mol. The van der Waals surface area contributed by atoms with Crippen LogP contribution in [-0.4, -0.2) is 42.8 Å². The van der Waals surface area contributed by atoms with Crippen LogP contribution in [0.1, 0.15) is 51.4 Å². The summed E-state index contributed by atoms with van der Waals surface area (Å²) in [7, 11) is -2.88. The molecular formula is C14H23NO3S. The molecule has 2 heterocycles. The smallest absolute Gasteiger partial charge is 0.222 e. The molecule has 0 spiro atoms. The molecule has 0 aromatic rings. The van der Waals surface area contributed by atoms with E-state index < -0.39 is 9.84 Å². The van der Waals surface area contributed by atoms with Crippen molar-refractivity contribution in [1.29, 1.82) is 0 Å². The van der Waals surface area contributed by atoms with Crippen LogP contribution in [0.5, 0.6) is 0 Å². The van der Waals surface area contributed by atoms with Crippen LogP contribution in [0.2, 0.25) is 0 Å². The lowest BCUT2D eigenvalue weighted by atomic mass is 9.86. The van der Waals surface area contributed by atoms with Gasteiger partial charge in [0.25, 0.3) is 0 Å². The molecule has 0 aromatic carbocycles. The Morgan fingerprint density at radius 2 is 1.89 bits per heavy atom. The largest absolute Gasteiger partial charge is 0.337 e. The van der Waals surface area contributed by atoms with Gasteiger partial charge in [-0.2, -0.15) is 0 Å². The van der Waals surface area contributed by atoms with Crippen molar-refractivity contribution in [1.82, 2.24) is 4.90 Å². The van der Waals surface area contributed by atoms with Gasteiger partial charge >= 0.3 is 0 Å². The van der Waals surface area contributed by atoms with Crippen LogP contribution in [0.25, 0.3) is 0 Å². The predicted octanol–water partition coefficient (Wildman–Crippen LogP) is 1.74. The number of hydrogen-bond donors (Lipinski definition) is 0. The van der Waals surface area contributed by atoms with E-state index in [1.165, 1.54) is 32.1 Å². The minimum atomic E-state index is -2.88. The van der Waals surface area contributed by atoms with Crippen molar-refractivity contribution in [3.05, 3.63) is 0 Å². The third kappa shape index (κ3) is 2.67. The third-order valence-electron chi connectivity index (χ3n) is 5.12. The number of hydrogen-bond acceptors (Lipinski definition) is 3. The highest BCUT2D eigenvalue weighted by atomic mass is 32.2. The quantitative estimate of drug-likeness (QED) is 0.794. The van der Waals surface area contributed by atoms with Gasteiger partial charge in [-0.05, 0) is 18.8 Å². The first-order valence-electron chi connectivity index (χ1n) is 7.57. The molecule has 0 aromatic heterocycles. The molecule has 0 N–H and O–H groups in total. The Balaban J connectivity index is 1.50.